The van der Waals surface area contributed by atoms with Crippen molar-refractivity contribution in [3.63, 3.8) is 0 Å². The molecule has 35 heavy (non-hydrogen) atoms. The molecule has 0 saturated carbocycles. The van der Waals surface area contributed by atoms with Gasteiger partial charge in [-0.05, 0) is 0 Å². The molecule has 0 radical (unpaired) electrons. The fraction of sp³-hybridized carbons (Fsp3) is 0.733. The van der Waals surface area contributed by atoms with Crippen LogP contribution in [0.5, 0.6) is 0 Å². The van der Waals surface area contributed by atoms with Gasteiger partial charge in [0.25, 0.3) is 0 Å². The summed E-state index contributed by atoms with van der Waals surface area (Å²) in [6.07, 6.45) is 17.2. The third kappa shape index (κ3) is 7.66. The summed E-state index contributed by atoms with van der Waals surface area (Å²) < 4.78 is 3.68. The van der Waals surface area contributed by atoms with Gasteiger partial charge in [-0.15, -0.1) is 0 Å². The number of unbranched alkanes of at least 4 members (excludes halogenated alkanes) is 10. The number of hydrogen-bond donors (Lipinski definition) is 0. The summed E-state index contributed by atoms with van der Waals surface area (Å²) >= 11 is 0.358. The first kappa shape index (κ1) is 30.8. The van der Waals surface area contributed by atoms with Gasteiger partial charge in [0.05, 0.1) is 0 Å². The van der Waals surface area contributed by atoms with Crippen LogP contribution in [0.2, 0.25) is 41.7 Å². The second kappa shape index (κ2) is 13.5. The standard InChI is InChI=1S/C24H36S2Si.6CH3.2Sn/c1-3-5-7-9-11-13-19-27(20-14-12-10-8-6-4-2)21-15-17-25-23(21)24-22(27)16-18-26-24;;;;;;;;/h15-16H,3-14,19-20H2,1-2H3;6*1H3;;. The number of rotatable bonds is 16. The molecule has 1 aliphatic rings. The van der Waals surface area contributed by atoms with E-state index in [9.17, 15) is 0 Å². The van der Waals surface area contributed by atoms with Crippen LogP contribution in [-0.2, 0) is 0 Å². The summed E-state index contributed by atoms with van der Waals surface area (Å²) in [5.41, 5.74) is 0. The van der Waals surface area contributed by atoms with E-state index in [0.29, 0.717) is 0 Å². The molecule has 0 saturated heterocycles. The molecule has 2 aromatic rings. The maximum absolute atomic E-state index is 2.82. The van der Waals surface area contributed by atoms with Gasteiger partial charge >= 0.3 is 238 Å². The van der Waals surface area contributed by atoms with E-state index in [2.05, 4.69) is 78.3 Å². The average Bonchev–Trinajstić information content (AvgIpc) is 3.46. The van der Waals surface area contributed by atoms with E-state index in [0.717, 1.165) is 0 Å². The Balaban J connectivity index is 1.95. The monoisotopic (exact) mass is 746 g/mol. The van der Waals surface area contributed by atoms with Crippen molar-refractivity contribution in [3.8, 4) is 9.75 Å². The van der Waals surface area contributed by atoms with Gasteiger partial charge in [-0.1, -0.05) is 0 Å². The van der Waals surface area contributed by atoms with Crippen molar-refractivity contribution in [2.24, 2.45) is 0 Å². The van der Waals surface area contributed by atoms with Gasteiger partial charge in [0.2, 0.25) is 0 Å². The van der Waals surface area contributed by atoms with Crippen molar-refractivity contribution in [1.82, 2.24) is 0 Å². The Kier molecular flexibility index (Phi) is 11.9. The van der Waals surface area contributed by atoms with E-state index >= 15 is 0 Å². The second-order valence-electron chi connectivity index (χ2n) is 13.3. The van der Waals surface area contributed by atoms with Gasteiger partial charge in [0.15, 0.2) is 0 Å². The topological polar surface area (TPSA) is 0 Å². The molecule has 0 amide bonds. The molecule has 0 aliphatic carbocycles. The molecule has 0 fully saturated rings. The molecule has 1 aliphatic heterocycles. The molecule has 198 valence electrons. The quantitative estimate of drug-likeness (QED) is 0.119. The molecule has 0 bridgehead atoms. The summed E-state index contributed by atoms with van der Waals surface area (Å²) in [5, 5.41) is 3.84. The fourth-order valence-electron chi connectivity index (χ4n) is 5.79. The maximum atomic E-state index is 2.82. The second-order valence-corrected chi connectivity index (χ2v) is 50.5. The fourth-order valence-corrected chi connectivity index (χ4v) is 26.5. The molecule has 3 rings (SSSR count). The van der Waals surface area contributed by atoms with Crippen LogP contribution in [-0.4, -0.2) is 44.8 Å². The van der Waals surface area contributed by atoms with Crippen LogP contribution >= 0.6 is 22.7 Å². The first-order valence-electron chi connectivity index (χ1n) is 14.8. The SMILES string of the molecule is CCCCCCCC[Si]1(CCCCCCCC)c2c[c]([Sn]([CH3])([CH3])[CH3])sc2-c2s[c]([Sn]([CH3])([CH3])[CH3])cc21. The average molecular weight is 744 g/mol. The number of fused-ring (bicyclic) bond motifs is 3. The van der Waals surface area contributed by atoms with Gasteiger partial charge in [0, 0.05) is 0 Å². The van der Waals surface area contributed by atoms with Crippen LogP contribution in [0.4, 0.5) is 0 Å². The molecule has 0 aromatic carbocycles. The van der Waals surface area contributed by atoms with Crippen LogP contribution in [0.3, 0.4) is 0 Å². The Morgan fingerprint density at radius 1 is 0.543 bits per heavy atom. The molecule has 0 N–H and O–H groups in total. The molecule has 3 heterocycles. The molecule has 0 nitrogen and oxygen atoms in total. The molecule has 5 heteroatoms. The zero-order valence-corrected chi connectivity index (χ0v) is 32.7. The first-order valence-corrected chi connectivity index (χ1v) is 38.9. The van der Waals surface area contributed by atoms with Gasteiger partial charge in [-0.3, -0.25) is 0 Å². The summed E-state index contributed by atoms with van der Waals surface area (Å²) in [6, 6.07) is 8.70. The van der Waals surface area contributed by atoms with Crippen LogP contribution in [0.15, 0.2) is 12.1 Å². The van der Waals surface area contributed by atoms with E-state index in [1.54, 1.807) is 9.75 Å². The van der Waals surface area contributed by atoms with Crippen molar-refractivity contribution in [1.29, 1.82) is 0 Å². The number of thiophene rings is 2. The Hall–Kier alpha value is 1.21. The molecular formula is C30H54S2SiSn2. The van der Waals surface area contributed by atoms with E-state index in [1.807, 2.05) is 16.2 Å². The third-order valence-corrected chi connectivity index (χ3v) is 35.0. The zero-order chi connectivity index (χ0) is 25.7. The molecular weight excluding hydrogens is 690 g/mol. The minimum absolute atomic E-state index is 1.36. The van der Waals surface area contributed by atoms with Gasteiger partial charge < -0.3 is 0 Å². The van der Waals surface area contributed by atoms with Gasteiger partial charge in [-0.2, -0.15) is 0 Å². The van der Waals surface area contributed by atoms with Crippen LogP contribution in [0, 0.1) is 0 Å². The van der Waals surface area contributed by atoms with Gasteiger partial charge in [0.1, 0.15) is 0 Å². The predicted molar refractivity (Wildman–Crippen MR) is 175 cm³/mol. The normalized spacial score (nSPS) is 15.0. The molecule has 0 atom stereocenters. The summed E-state index contributed by atoms with van der Waals surface area (Å²) in [7, 11) is -1.64. The molecule has 2 aromatic heterocycles. The van der Waals surface area contributed by atoms with Gasteiger partial charge in [-0.25, -0.2) is 0 Å². The van der Waals surface area contributed by atoms with Crippen LogP contribution in [0.25, 0.3) is 9.75 Å². The number of hydrogen-bond acceptors (Lipinski definition) is 2. The minimum atomic E-state index is -2.08. The van der Waals surface area contributed by atoms with Crippen LogP contribution in [0.1, 0.15) is 90.9 Å². The molecule has 0 unspecified atom stereocenters. The van der Waals surface area contributed by atoms with Crippen molar-refractivity contribution < 1.29 is 0 Å². The Morgan fingerprint density at radius 2 is 0.886 bits per heavy atom. The van der Waals surface area contributed by atoms with E-state index in [-0.39, 0.29) is 0 Å². The summed E-state index contributed by atoms with van der Waals surface area (Å²) in [5.74, 6) is 0. The van der Waals surface area contributed by atoms with Crippen molar-refractivity contribution in [2.75, 3.05) is 0 Å². The Labute approximate surface area is 235 Å². The third-order valence-electron chi connectivity index (χ3n) is 8.09. The summed E-state index contributed by atoms with van der Waals surface area (Å²) in [6.45, 7) is 4.68. The van der Waals surface area contributed by atoms with Crippen LogP contribution < -0.4 is 16.2 Å². The molecule has 0 spiro atoms. The Morgan fingerprint density at radius 3 is 1.23 bits per heavy atom. The van der Waals surface area contributed by atoms with Crippen molar-refractivity contribution in [2.45, 2.75) is 133 Å². The van der Waals surface area contributed by atoms with Crippen molar-refractivity contribution >= 4 is 83.7 Å². The zero-order valence-electron chi connectivity index (χ0n) is 24.4. The Bertz CT molecular complexity index is 853. The van der Waals surface area contributed by atoms with E-state index in [1.165, 1.54) is 89.1 Å². The van der Waals surface area contributed by atoms with Crippen molar-refractivity contribution in [3.05, 3.63) is 12.1 Å². The predicted octanol–water partition coefficient (Wildman–Crippen LogP) is 9.16. The van der Waals surface area contributed by atoms with E-state index < -0.39 is 44.8 Å². The first-order chi connectivity index (χ1) is 16.5. The van der Waals surface area contributed by atoms with E-state index in [4.69, 9.17) is 0 Å². The summed E-state index contributed by atoms with van der Waals surface area (Å²) in [4.78, 5) is 19.3.